The van der Waals surface area contributed by atoms with Gasteiger partial charge in [0.05, 0.1) is 6.20 Å². The molecular formula is C7H13N3O4S2. The maximum atomic E-state index is 11.4. The van der Waals surface area contributed by atoms with Crippen LogP contribution in [0, 0.1) is 0 Å². The van der Waals surface area contributed by atoms with E-state index in [9.17, 15) is 16.8 Å². The number of nitrogens with one attached hydrogen (secondary N) is 2. The van der Waals surface area contributed by atoms with Crippen LogP contribution in [0.25, 0.3) is 0 Å². The SMILES string of the molecule is CC(NS(=O)(=O)CS(C)(=O)=O)c1cn[nH]c1. The smallest absolute Gasteiger partial charge is 0.226 e. The van der Waals surface area contributed by atoms with Gasteiger partial charge in [0, 0.05) is 24.1 Å². The molecule has 2 N–H and O–H groups in total. The molecule has 0 aliphatic heterocycles. The second-order valence-corrected chi connectivity index (χ2v) is 7.79. The molecule has 0 bridgehead atoms. The first-order valence-corrected chi connectivity index (χ1v) is 8.07. The minimum Gasteiger partial charge on any atom is -0.285 e. The largest absolute Gasteiger partial charge is 0.285 e. The zero-order valence-corrected chi connectivity index (χ0v) is 10.5. The summed E-state index contributed by atoms with van der Waals surface area (Å²) < 4.78 is 46.9. The van der Waals surface area contributed by atoms with Crippen LogP contribution in [-0.2, 0) is 19.9 Å². The van der Waals surface area contributed by atoms with Gasteiger partial charge in [-0.15, -0.1) is 0 Å². The van der Waals surface area contributed by atoms with Crippen LogP contribution < -0.4 is 4.72 Å². The number of hydrogen-bond acceptors (Lipinski definition) is 5. The highest BCUT2D eigenvalue weighted by atomic mass is 32.3. The second-order valence-electron chi connectivity index (χ2n) is 3.53. The van der Waals surface area contributed by atoms with Crippen LogP contribution in [0.5, 0.6) is 0 Å². The van der Waals surface area contributed by atoms with Crippen molar-refractivity contribution >= 4 is 19.9 Å². The van der Waals surface area contributed by atoms with Crippen molar-refractivity contribution in [3.63, 3.8) is 0 Å². The molecule has 1 aromatic heterocycles. The average Bonchev–Trinajstić information content (AvgIpc) is 2.48. The van der Waals surface area contributed by atoms with E-state index in [0.717, 1.165) is 6.26 Å². The molecule has 0 radical (unpaired) electrons. The van der Waals surface area contributed by atoms with E-state index in [0.29, 0.717) is 5.56 Å². The fourth-order valence-corrected chi connectivity index (χ4v) is 4.35. The molecular weight excluding hydrogens is 254 g/mol. The van der Waals surface area contributed by atoms with Gasteiger partial charge in [-0.05, 0) is 6.92 Å². The van der Waals surface area contributed by atoms with E-state index in [4.69, 9.17) is 0 Å². The van der Waals surface area contributed by atoms with Gasteiger partial charge >= 0.3 is 0 Å². The fraction of sp³-hybridized carbons (Fsp3) is 0.571. The van der Waals surface area contributed by atoms with Crippen molar-refractivity contribution in [3.05, 3.63) is 18.0 Å². The number of aromatic nitrogens is 2. The van der Waals surface area contributed by atoms with Crippen LogP contribution in [0.2, 0.25) is 0 Å². The molecule has 0 aliphatic rings. The number of hydrogen-bond donors (Lipinski definition) is 2. The summed E-state index contributed by atoms with van der Waals surface area (Å²) in [4.78, 5) is 0. The summed E-state index contributed by atoms with van der Waals surface area (Å²) >= 11 is 0. The number of sulfone groups is 1. The van der Waals surface area contributed by atoms with E-state index in [1.807, 2.05) is 0 Å². The van der Waals surface area contributed by atoms with Crippen LogP contribution >= 0.6 is 0 Å². The second kappa shape index (κ2) is 4.52. The highest BCUT2D eigenvalue weighted by Crippen LogP contribution is 2.11. The molecule has 0 aliphatic carbocycles. The van der Waals surface area contributed by atoms with Crippen molar-refractivity contribution in [2.45, 2.75) is 13.0 Å². The molecule has 0 aromatic carbocycles. The molecule has 0 amide bonds. The Kier molecular flexibility index (Phi) is 3.71. The van der Waals surface area contributed by atoms with Crippen LogP contribution in [0.1, 0.15) is 18.5 Å². The third-order valence-electron chi connectivity index (χ3n) is 1.74. The van der Waals surface area contributed by atoms with Gasteiger partial charge in [0.1, 0.15) is 0 Å². The van der Waals surface area contributed by atoms with Crippen molar-refractivity contribution in [3.8, 4) is 0 Å². The highest BCUT2D eigenvalue weighted by molar-refractivity contribution is 8.06. The average molecular weight is 267 g/mol. The predicted molar refractivity (Wildman–Crippen MR) is 58.8 cm³/mol. The summed E-state index contributed by atoms with van der Waals surface area (Å²) in [6.45, 7) is 1.60. The first kappa shape index (κ1) is 13.1. The van der Waals surface area contributed by atoms with Gasteiger partial charge in [0.2, 0.25) is 10.0 Å². The monoisotopic (exact) mass is 267 g/mol. The number of rotatable bonds is 5. The summed E-state index contributed by atoms with van der Waals surface area (Å²) in [7, 11) is -7.41. The Hall–Kier alpha value is -0.930. The van der Waals surface area contributed by atoms with Gasteiger partial charge in [0.15, 0.2) is 14.9 Å². The van der Waals surface area contributed by atoms with Crippen molar-refractivity contribution in [1.29, 1.82) is 0 Å². The van der Waals surface area contributed by atoms with Gasteiger partial charge in [-0.1, -0.05) is 0 Å². The van der Waals surface area contributed by atoms with Gasteiger partial charge in [-0.2, -0.15) is 5.10 Å². The lowest BCUT2D eigenvalue weighted by Crippen LogP contribution is -2.31. The van der Waals surface area contributed by atoms with Gasteiger partial charge < -0.3 is 0 Å². The zero-order valence-electron chi connectivity index (χ0n) is 8.84. The van der Waals surface area contributed by atoms with Crippen LogP contribution in [0.3, 0.4) is 0 Å². The van der Waals surface area contributed by atoms with Gasteiger partial charge in [-0.25, -0.2) is 21.6 Å². The summed E-state index contributed by atoms with van der Waals surface area (Å²) in [6, 6.07) is -0.523. The number of sulfonamides is 1. The maximum absolute atomic E-state index is 11.4. The lowest BCUT2D eigenvalue weighted by Gasteiger charge is -2.11. The fourth-order valence-electron chi connectivity index (χ4n) is 1.15. The standard InChI is InChI=1S/C7H13N3O4S2/c1-6(7-3-8-9-4-7)10-16(13,14)5-15(2,11)12/h3-4,6,10H,5H2,1-2H3,(H,8,9). The molecule has 0 saturated carbocycles. The summed E-state index contributed by atoms with van der Waals surface area (Å²) in [5, 5.41) is 5.30. The molecule has 7 nitrogen and oxygen atoms in total. The van der Waals surface area contributed by atoms with E-state index < -0.39 is 31.0 Å². The normalized spacial score (nSPS) is 14.9. The maximum Gasteiger partial charge on any atom is 0.226 e. The lowest BCUT2D eigenvalue weighted by atomic mass is 10.2. The first-order valence-electron chi connectivity index (χ1n) is 4.36. The first-order chi connectivity index (χ1) is 7.20. The molecule has 1 aromatic rings. The van der Waals surface area contributed by atoms with Crippen molar-refractivity contribution in [2.75, 3.05) is 11.3 Å². The summed E-state index contributed by atoms with van der Waals surface area (Å²) in [6.07, 6.45) is 3.87. The molecule has 0 fully saturated rings. The number of aromatic amines is 1. The molecule has 9 heteroatoms. The molecule has 0 saturated heterocycles. The number of nitrogens with zero attached hydrogens (tertiary/aromatic N) is 1. The van der Waals surface area contributed by atoms with Gasteiger partial charge in [0.25, 0.3) is 0 Å². The molecule has 1 heterocycles. The van der Waals surface area contributed by atoms with E-state index in [1.165, 1.54) is 12.4 Å². The molecule has 1 rings (SSSR count). The highest BCUT2D eigenvalue weighted by Gasteiger charge is 2.21. The zero-order chi connectivity index (χ0) is 12.4. The van der Waals surface area contributed by atoms with E-state index in [2.05, 4.69) is 14.9 Å². The van der Waals surface area contributed by atoms with Crippen molar-refractivity contribution in [2.24, 2.45) is 0 Å². The Labute approximate surface area is 94.2 Å². The van der Waals surface area contributed by atoms with E-state index in [-0.39, 0.29) is 0 Å². The summed E-state index contributed by atoms with van der Waals surface area (Å²) in [5.74, 6) is 0. The predicted octanol–water partition coefficient (Wildman–Crippen LogP) is -0.608. The molecule has 1 atom stereocenters. The minimum absolute atomic E-state index is 0.523. The minimum atomic E-state index is -3.84. The quantitative estimate of drug-likeness (QED) is 0.740. The Morgan fingerprint density at radius 3 is 2.50 bits per heavy atom. The summed E-state index contributed by atoms with van der Waals surface area (Å²) in [5.41, 5.74) is 0.636. The van der Waals surface area contributed by atoms with E-state index in [1.54, 1.807) is 6.92 Å². The van der Waals surface area contributed by atoms with E-state index >= 15 is 0 Å². The lowest BCUT2D eigenvalue weighted by molar-refractivity contribution is 0.568. The van der Waals surface area contributed by atoms with Crippen LogP contribution in [0.4, 0.5) is 0 Å². The third kappa shape index (κ3) is 4.29. The van der Waals surface area contributed by atoms with Crippen LogP contribution in [-0.4, -0.2) is 38.4 Å². The third-order valence-corrected chi connectivity index (χ3v) is 5.41. The molecule has 1 unspecified atom stereocenters. The molecule has 0 spiro atoms. The van der Waals surface area contributed by atoms with Crippen molar-refractivity contribution in [1.82, 2.24) is 14.9 Å². The number of H-pyrrole nitrogens is 1. The van der Waals surface area contributed by atoms with Crippen LogP contribution in [0.15, 0.2) is 12.4 Å². The Balaban J connectivity index is 2.74. The Morgan fingerprint density at radius 2 is 2.06 bits per heavy atom. The Bertz CT molecular complexity index is 532. The van der Waals surface area contributed by atoms with Gasteiger partial charge in [-0.3, -0.25) is 5.10 Å². The van der Waals surface area contributed by atoms with Crippen molar-refractivity contribution < 1.29 is 16.8 Å². The topological polar surface area (TPSA) is 109 Å². The molecule has 16 heavy (non-hydrogen) atoms. The Morgan fingerprint density at radius 1 is 1.44 bits per heavy atom. The molecule has 92 valence electrons.